The number of halogens is 1. The van der Waals surface area contributed by atoms with Crippen LogP contribution in [-0.2, 0) is 6.54 Å². The van der Waals surface area contributed by atoms with Gasteiger partial charge in [0, 0.05) is 23.5 Å². The minimum atomic E-state index is -0.416. The van der Waals surface area contributed by atoms with Crippen molar-refractivity contribution < 1.29 is 4.79 Å². The third-order valence-electron chi connectivity index (χ3n) is 5.57. The number of piperidine rings is 1. The highest BCUT2D eigenvalue weighted by atomic mass is 127. The van der Waals surface area contributed by atoms with E-state index in [0.717, 1.165) is 43.6 Å². The molecule has 1 aromatic carbocycles. The van der Waals surface area contributed by atoms with E-state index in [0.29, 0.717) is 18.2 Å². The molecule has 0 spiro atoms. The number of thiophene rings is 1. The minimum Gasteiger partial charge on any atom is -0.366 e. The van der Waals surface area contributed by atoms with Gasteiger partial charge in [0.15, 0.2) is 5.96 Å². The first-order chi connectivity index (χ1) is 14.6. The zero-order chi connectivity index (χ0) is 21.3. The molecular weight excluding hydrogens is 521 g/mol. The Morgan fingerprint density at radius 3 is 2.68 bits per heavy atom. The molecule has 8 heteroatoms. The summed E-state index contributed by atoms with van der Waals surface area (Å²) >= 11 is 1.82. The van der Waals surface area contributed by atoms with E-state index in [2.05, 4.69) is 46.9 Å². The number of nitrogens with zero attached hydrogens (tertiary/aromatic N) is 2. The Morgan fingerprint density at radius 2 is 2.03 bits per heavy atom. The number of aliphatic imine (C=N–C) groups is 1. The number of carbonyl (C=O) groups excluding carboxylic acids is 1. The molecule has 0 radical (unpaired) electrons. The van der Waals surface area contributed by atoms with E-state index in [1.54, 1.807) is 12.1 Å². The van der Waals surface area contributed by atoms with Gasteiger partial charge >= 0.3 is 0 Å². The maximum atomic E-state index is 11.4. The predicted octanol–water partition coefficient (Wildman–Crippen LogP) is 3.99. The summed E-state index contributed by atoms with van der Waals surface area (Å²) in [5.41, 5.74) is 6.86. The molecule has 2 aromatic rings. The Morgan fingerprint density at radius 1 is 1.26 bits per heavy atom. The smallest absolute Gasteiger partial charge is 0.248 e. The van der Waals surface area contributed by atoms with Crippen LogP contribution >= 0.6 is 35.3 Å². The van der Waals surface area contributed by atoms with Crippen LogP contribution in [0.25, 0.3) is 0 Å². The van der Waals surface area contributed by atoms with Crippen molar-refractivity contribution in [3.05, 3.63) is 57.8 Å². The summed E-state index contributed by atoms with van der Waals surface area (Å²) in [5.74, 6) is 1.18. The number of likely N-dealkylation sites (tertiary alicyclic amines) is 1. The molecule has 4 N–H and O–H groups in total. The topological polar surface area (TPSA) is 82.7 Å². The van der Waals surface area contributed by atoms with Gasteiger partial charge in [-0.3, -0.25) is 9.69 Å². The number of hydrogen-bond acceptors (Lipinski definition) is 4. The van der Waals surface area contributed by atoms with Gasteiger partial charge < -0.3 is 16.4 Å². The van der Waals surface area contributed by atoms with E-state index >= 15 is 0 Å². The molecule has 0 saturated carbocycles. The number of benzene rings is 1. The first-order valence-corrected chi connectivity index (χ1v) is 11.6. The Bertz CT molecular complexity index is 834. The second kappa shape index (κ2) is 13.0. The molecule has 1 atom stereocenters. The van der Waals surface area contributed by atoms with E-state index in [-0.39, 0.29) is 24.0 Å². The van der Waals surface area contributed by atoms with Crippen molar-refractivity contribution in [1.29, 1.82) is 0 Å². The average Bonchev–Trinajstić information content (AvgIpc) is 3.28. The molecule has 31 heavy (non-hydrogen) atoms. The lowest BCUT2D eigenvalue weighted by Crippen LogP contribution is -2.45. The van der Waals surface area contributed by atoms with Gasteiger partial charge in [-0.15, -0.1) is 35.3 Å². The molecular formula is C23H34IN5OS. The molecule has 1 unspecified atom stereocenters. The van der Waals surface area contributed by atoms with Gasteiger partial charge in [0.05, 0.1) is 12.6 Å². The van der Waals surface area contributed by atoms with Gasteiger partial charge in [0.1, 0.15) is 0 Å². The largest absolute Gasteiger partial charge is 0.366 e. The highest BCUT2D eigenvalue weighted by Crippen LogP contribution is 2.29. The SMILES string of the molecule is CCNC(=NCc1cccc(C(N)=O)c1)NCC(c1cccs1)N1CCC(C)CC1.I. The average molecular weight is 556 g/mol. The van der Waals surface area contributed by atoms with Crippen molar-refractivity contribution in [2.75, 3.05) is 26.2 Å². The quantitative estimate of drug-likeness (QED) is 0.262. The van der Waals surface area contributed by atoms with E-state index in [1.165, 1.54) is 17.7 Å². The van der Waals surface area contributed by atoms with Crippen molar-refractivity contribution in [3.63, 3.8) is 0 Å². The third-order valence-corrected chi connectivity index (χ3v) is 6.54. The first-order valence-electron chi connectivity index (χ1n) is 10.7. The molecule has 1 aliphatic rings. The van der Waals surface area contributed by atoms with Crippen LogP contribution in [0.4, 0.5) is 0 Å². The number of amides is 1. The Hall–Kier alpha value is -1.65. The lowest BCUT2D eigenvalue weighted by molar-refractivity contribution is 0.1000. The van der Waals surface area contributed by atoms with Crippen LogP contribution < -0.4 is 16.4 Å². The summed E-state index contributed by atoms with van der Waals surface area (Å²) in [6.45, 7) is 8.77. The highest BCUT2D eigenvalue weighted by molar-refractivity contribution is 14.0. The van der Waals surface area contributed by atoms with Gasteiger partial charge in [-0.1, -0.05) is 25.1 Å². The zero-order valence-corrected chi connectivity index (χ0v) is 21.5. The molecule has 1 fully saturated rings. The van der Waals surface area contributed by atoms with Crippen LogP contribution in [0.5, 0.6) is 0 Å². The molecule has 0 bridgehead atoms. The molecule has 1 aromatic heterocycles. The van der Waals surface area contributed by atoms with E-state index in [4.69, 9.17) is 10.7 Å². The maximum absolute atomic E-state index is 11.4. The second-order valence-electron chi connectivity index (χ2n) is 7.89. The lowest BCUT2D eigenvalue weighted by atomic mass is 9.97. The van der Waals surface area contributed by atoms with Crippen molar-refractivity contribution in [3.8, 4) is 0 Å². The number of carbonyl (C=O) groups is 1. The van der Waals surface area contributed by atoms with Gasteiger partial charge in [0.25, 0.3) is 0 Å². The van der Waals surface area contributed by atoms with Gasteiger partial charge in [0.2, 0.25) is 5.91 Å². The summed E-state index contributed by atoms with van der Waals surface area (Å²) in [7, 11) is 0. The molecule has 2 heterocycles. The van der Waals surface area contributed by atoms with Gasteiger partial charge in [-0.2, -0.15) is 0 Å². The monoisotopic (exact) mass is 555 g/mol. The summed E-state index contributed by atoms with van der Waals surface area (Å²) in [4.78, 5) is 20.1. The van der Waals surface area contributed by atoms with Crippen molar-refractivity contribution >= 4 is 47.2 Å². The summed E-state index contributed by atoms with van der Waals surface area (Å²) < 4.78 is 0. The summed E-state index contributed by atoms with van der Waals surface area (Å²) in [6.07, 6.45) is 2.51. The van der Waals surface area contributed by atoms with E-state index in [9.17, 15) is 4.79 Å². The number of rotatable bonds is 8. The second-order valence-corrected chi connectivity index (χ2v) is 8.87. The Balaban J connectivity index is 0.00000341. The molecule has 6 nitrogen and oxygen atoms in total. The van der Waals surface area contributed by atoms with Crippen molar-refractivity contribution in [2.45, 2.75) is 39.3 Å². The number of nitrogens with two attached hydrogens (primary N) is 1. The molecule has 3 rings (SSSR count). The Kier molecular flexibility index (Phi) is 10.8. The molecule has 1 aliphatic heterocycles. The van der Waals surface area contributed by atoms with Gasteiger partial charge in [-0.25, -0.2) is 4.99 Å². The van der Waals surface area contributed by atoms with Crippen LogP contribution in [0.2, 0.25) is 0 Å². The summed E-state index contributed by atoms with van der Waals surface area (Å²) in [5, 5.41) is 9.02. The fourth-order valence-corrected chi connectivity index (χ4v) is 4.62. The maximum Gasteiger partial charge on any atom is 0.248 e. The molecule has 1 saturated heterocycles. The van der Waals surface area contributed by atoms with Gasteiger partial charge in [-0.05, 0) is 67.9 Å². The van der Waals surface area contributed by atoms with Crippen LogP contribution in [0.15, 0.2) is 46.8 Å². The third kappa shape index (κ3) is 7.76. The predicted molar refractivity (Wildman–Crippen MR) is 140 cm³/mol. The number of guanidine groups is 1. The van der Waals surface area contributed by atoms with Crippen LogP contribution in [-0.4, -0.2) is 42.9 Å². The molecule has 170 valence electrons. The normalized spacial score (nSPS) is 16.4. The van der Waals surface area contributed by atoms with E-state index < -0.39 is 5.91 Å². The van der Waals surface area contributed by atoms with E-state index in [1.807, 2.05) is 23.5 Å². The molecule has 1 amide bonds. The number of nitrogens with one attached hydrogen (secondary N) is 2. The fraction of sp³-hybridized carbons (Fsp3) is 0.478. The first kappa shape index (κ1) is 25.6. The van der Waals surface area contributed by atoms with Crippen molar-refractivity contribution in [2.24, 2.45) is 16.6 Å². The van der Waals surface area contributed by atoms with Crippen LogP contribution in [0.3, 0.4) is 0 Å². The molecule has 0 aliphatic carbocycles. The minimum absolute atomic E-state index is 0. The van der Waals surface area contributed by atoms with Crippen molar-refractivity contribution in [1.82, 2.24) is 15.5 Å². The Labute approximate surface area is 206 Å². The number of primary amides is 1. The summed E-state index contributed by atoms with van der Waals surface area (Å²) in [6, 6.07) is 12.0. The number of hydrogen-bond donors (Lipinski definition) is 3. The fourth-order valence-electron chi connectivity index (χ4n) is 3.76. The highest BCUT2D eigenvalue weighted by Gasteiger charge is 2.25. The lowest BCUT2D eigenvalue weighted by Gasteiger charge is -2.36. The van der Waals surface area contributed by atoms with Crippen LogP contribution in [0.1, 0.15) is 53.5 Å². The standard InChI is InChI=1S/C23H33N5OS.HI/c1-3-25-23(26-15-18-6-4-7-19(14-18)22(24)29)27-16-20(21-8-5-13-30-21)28-11-9-17(2)10-12-28;/h4-8,13-14,17,20H,3,9-12,15-16H2,1-2H3,(H2,24,29)(H2,25,26,27);1H. The van der Waals surface area contributed by atoms with Crippen LogP contribution in [0, 0.1) is 5.92 Å². The zero-order valence-electron chi connectivity index (χ0n) is 18.3.